The molecule has 4 unspecified atom stereocenters. The quantitative estimate of drug-likeness (QED) is 0.671. The van der Waals surface area contributed by atoms with Crippen molar-refractivity contribution in [1.82, 2.24) is 10.2 Å². The van der Waals surface area contributed by atoms with E-state index in [-0.39, 0.29) is 0 Å². The van der Waals surface area contributed by atoms with Gasteiger partial charge in [0.2, 0.25) is 0 Å². The highest BCUT2D eigenvalue weighted by Gasteiger charge is 2.53. The van der Waals surface area contributed by atoms with Crippen LogP contribution >= 0.6 is 22.9 Å². The second-order valence-corrected chi connectivity index (χ2v) is 7.93. The van der Waals surface area contributed by atoms with Crippen molar-refractivity contribution >= 4 is 28.9 Å². The number of likely N-dealkylation sites (tertiary alicyclic amines) is 1. The summed E-state index contributed by atoms with van der Waals surface area (Å²) in [6, 6.07) is 4.02. The Morgan fingerprint density at radius 3 is 2.67 bits per heavy atom. The number of nitrogens with zero attached hydrogens (tertiary/aromatic N) is 2. The molecule has 4 rings (SSSR count). The molecule has 6 heteroatoms. The molecule has 4 atom stereocenters. The van der Waals surface area contributed by atoms with Crippen LogP contribution in [-0.4, -0.2) is 43.2 Å². The molecule has 2 bridgehead atoms. The molecule has 4 heterocycles. The number of aliphatic imine (C=N–C) groups is 1. The van der Waals surface area contributed by atoms with Crippen molar-refractivity contribution in [3.8, 4) is 0 Å². The largest absolute Gasteiger partial charge is 0.374 e. The molecule has 1 aromatic rings. The molecule has 3 fully saturated rings. The van der Waals surface area contributed by atoms with Crippen LogP contribution < -0.4 is 5.32 Å². The molecule has 114 valence electrons. The molecule has 4 nitrogen and oxygen atoms in total. The Kier molecular flexibility index (Phi) is 3.59. The number of ether oxygens (including phenoxy) is 1. The minimum atomic E-state index is 0.499. The van der Waals surface area contributed by atoms with E-state index in [1.807, 2.05) is 13.1 Å². The first-order valence-corrected chi connectivity index (χ1v) is 8.79. The Labute approximate surface area is 134 Å². The highest BCUT2D eigenvalue weighted by Crippen LogP contribution is 2.47. The van der Waals surface area contributed by atoms with Crippen molar-refractivity contribution in [2.45, 2.75) is 31.6 Å². The maximum atomic E-state index is 6.03. The summed E-state index contributed by atoms with van der Waals surface area (Å²) in [4.78, 5) is 8.09. The lowest BCUT2D eigenvalue weighted by molar-refractivity contribution is 0.0767. The van der Waals surface area contributed by atoms with Gasteiger partial charge in [-0.3, -0.25) is 4.99 Å². The maximum absolute atomic E-state index is 6.03. The van der Waals surface area contributed by atoms with E-state index in [1.54, 1.807) is 11.3 Å². The SMILES string of the molecule is CN=C(NCc1ccc(Cl)s1)N1CC2C3CCC(O3)C2C1. The average molecular weight is 326 g/mol. The van der Waals surface area contributed by atoms with Crippen LogP contribution in [0.3, 0.4) is 0 Å². The van der Waals surface area contributed by atoms with Gasteiger partial charge in [0.1, 0.15) is 0 Å². The fourth-order valence-corrected chi connectivity index (χ4v) is 5.11. The van der Waals surface area contributed by atoms with Gasteiger partial charge in [-0.1, -0.05) is 11.6 Å². The summed E-state index contributed by atoms with van der Waals surface area (Å²) in [5.41, 5.74) is 0. The summed E-state index contributed by atoms with van der Waals surface area (Å²) < 4.78 is 6.87. The molecular formula is C15H20ClN3OS. The molecule has 0 spiro atoms. The number of hydrogen-bond donors (Lipinski definition) is 1. The predicted molar refractivity (Wildman–Crippen MR) is 86.0 cm³/mol. The fourth-order valence-electron chi connectivity index (χ4n) is 4.08. The summed E-state index contributed by atoms with van der Waals surface area (Å²) in [5, 5.41) is 3.47. The van der Waals surface area contributed by atoms with Crippen LogP contribution in [0.1, 0.15) is 17.7 Å². The molecule has 0 radical (unpaired) electrons. The summed E-state index contributed by atoms with van der Waals surface area (Å²) in [7, 11) is 1.86. The van der Waals surface area contributed by atoms with E-state index >= 15 is 0 Å². The zero-order valence-corrected chi connectivity index (χ0v) is 13.7. The fraction of sp³-hybridized carbons (Fsp3) is 0.667. The first-order chi connectivity index (χ1) is 10.2. The third-order valence-corrected chi connectivity index (χ3v) is 6.24. The van der Waals surface area contributed by atoms with Gasteiger partial charge >= 0.3 is 0 Å². The normalized spacial score (nSPS) is 34.6. The van der Waals surface area contributed by atoms with Crippen LogP contribution in [0.15, 0.2) is 17.1 Å². The van der Waals surface area contributed by atoms with E-state index in [2.05, 4.69) is 21.3 Å². The molecule has 21 heavy (non-hydrogen) atoms. The van der Waals surface area contributed by atoms with E-state index in [0.29, 0.717) is 24.0 Å². The average Bonchev–Trinajstić information content (AvgIpc) is 3.20. The lowest BCUT2D eigenvalue weighted by Gasteiger charge is -2.23. The van der Waals surface area contributed by atoms with Gasteiger partial charge in [0.25, 0.3) is 0 Å². The van der Waals surface area contributed by atoms with Crippen LogP contribution in [-0.2, 0) is 11.3 Å². The Balaban J connectivity index is 1.39. The van der Waals surface area contributed by atoms with Crippen LogP contribution in [0.25, 0.3) is 0 Å². The van der Waals surface area contributed by atoms with Crippen molar-refractivity contribution in [1.29, 1.82) is 0 Å². The number of nitrogens with one attached hydrogen (secondary N) is 1. The molecule has 3 aliphatic heterocycles. The number of fused-ring (bicyclic) bond motifs is 5. The Bertz CT molecular complexity index is 543. The monoisotopic (exact) mass is 325 g/mol. The van der Waals surface area contributed by atoms with Gasteiger partial charge in [-0.2, -0.15) is 0 Å². The molecule has 3 saturated heterocycles. The van der Waals surface area contributed by atoms with Crippen LogP contribution in [0.4, 0.5) is 0 Å². The van der Waals surface area contributed by atoms with E-state index in [0.717, 1.165) is 29.9 Å². The number of thiophene rings is 1. The van der Waals surface area contributed by atoms with Gasteiger partial charge in [0, 0.05) is 36.9 Å². The van der Waals surface area contributed by atoms with E-state index in [4.69, 9.17) is 16.3 Å². The standard InChI is InChI=1S/C15H20ClN3OS/c1-17-15(18-6-9-2-5-14(16)21-9)19-7-10-11(8-19)13-4-3-12(10)20-13/h2,5,10-13H,3-4,6-8H2,1H3,(H,17,18). The highest BCUT2D eigenvalue weighted by atomic mass is 35.5. The first kappa shape index (κ1) is 13.9. The zero-order chi connectivity index (χ0) is 14.4. The van der Waals surface area contributed by atoms with Crippen LogP contribution in [0.5, 0.6) is 0 Å². The van der Waals surface area contributed by atoms with Gasteiger partial charge < -0.3 is 15.0 Å². The molecule has 0 saturated carbocycles. The molecular weight excluding hydrogens is 306 g/mol. The summed E-state index contributed by atoms with van der Waals surface area (Å²) in [5.74, 6) is 2.42. The van der Waals surface area contributed by atoms with Crippen molar-refractivity contribution in [2.75, 3.05) is 20.1 Å². The van der Waals surface area contributed by atoms with Crippen LogP contribution in [0.2, 0.25) is 4.34 Å². The first-order valence-electron chi connectivity index (χ1n) is 7.60. The predicted octanol–water partition coefficient (Wildman–Crippen LogP) is 2.59. The zero-order valence-electron chi connectivity index (χ0n) is 12.1. The number of hydrogen-bond acceptors (Lipinski definition) is 3. The van der Waals surface area contributed by atoms with E-state index in [9.17, 15) is 0 Å². The summed E-state index contributed by atoms with van der Waals surface area (Å²) in [6.45, 7) is 2.95. The topological polar surface area (TPSA) is 36.9 Å². The maximum Gasteiger partial charge on any atom is 0.193 e. The Hall–Kier alpha value is -0.780. The molecule has 0 amide bonds. The minimum absolute atomic E-state index is 0.499. The van der Waals surface area contributed by atoms with E-state index in [1.165, 1.54) is 17.7 Å². The van der Waals surface area contributed by atoms with Gasteiger partial charge in [0.05, 0.1) is 23.1 Å². The van der Waals surface area contributed by atoms with Gasteiger partial charge in [-0.05, 0) is 25.0 Å². The van der Waals surface area contributed by atoms with E-state index < -0.39 is 0 Å². The Morgan fingerprint density at radius 2 is 2.10 bits per heavy atom. The van der Waals surface area contributed by atoms with Gasteiger partial charge in [-0.15, -0.1) is 11.3 Å². The molecule has 1 N–H and O–H groups in total. The third kappa shape index (κ3) is 2.45. The number of guanidine groups is 1. The molecule has 3 aliphatic rings. The molecule has 1 aromatic heterocycles. The van der Waals surface area contributed by atoms with Gasteiger partial charge in [0.15, 0.2) is 5.96 Å². The number of halogens is 1. The minimum Gasteiger partial charge on any atom is -0.374 e. The molecule has 0 aliphatic carbocycles. The lowest BCUT2D eigenvalue weighted by atomic mass is 9.82. The summed E-state index contributed by atoms with van der Waals surface area (Å²) in [6.07, 6.45) is 3.50. The summed E-state index contributed by atoms with van der Waals surface area (Å²) >= 11 is 7.60. The second-order valence-electron chi connectivity index (χ2n) is 6.13. The third-order valence-electron chi connectivity index (χ3n) is 5.01. The van der Waals surface area contributed by atoms with Crippen molar-refractivity contribution in [3.05, 3.63) is 21.3 Å². The van der Waals surface area contributed by atoms with Crippen molar-refractivity contribution in [3.63, 3.8) is 0 Å². The highest BCUT2D eigenvalue weighted by molar-refractivity contribution is 7.16. The molecule has 0 aromatic carbocycles. The Morgan fingerprint density at radius 1 is 1.38 bits per heavy atom. The van der Waals surface area contributed by atoms with Crippen LogP contribution in [0, 0.1) is 11.8 Å². The smallest absolute Gasteiger partial charge is 0.193 e. The second kappa shape index (κ2) is 5.45. The van der Waals surface area contributed by atoms with Gasteiger partial charge in [-0.25, -0.2) is 0 Å². The van der Waals surface area contributed by atoms with Crippen molar-refractivity contribution < 1.29 is 4.74 Å². The number of rotatable bonds is 2. The lowest BCUT2D eigenvalue weighted by Crippen LogP contribution is -2.40. The van der Waals surface area contributed by atoms with Crippen molar-refractivity contribution in [2.24, 2.45) is 16.8 Å².